The Bertz CT molecular complexity index is 551. The van der Waals surface area contributed by atoms with Crippen molar-refractivity contribution >= 4 is 23.4 Å². The van der Waals surface area contributed by atoms with E-state index in [1.807, 2.05) is 0 Å². The van der Waals surface area contributed by atoms with Crippen LogP contribution in [-0.4, -0.2) is 14.2 Å². The summed E-state index contributed by atoms with van der Waals surface area (Å²) in [7, 11) is 1.49. The molecule has 2 aromatic carbocycles. The third-order valence-electron chi connectivity index (χ3n) is 3.11. The molecule has 0 N–H and O–H groups in total. The molecule has 0 unspecified atom stereocenters. The smallest absolute Gasteiger partial charge is 0.410 e. The van der Waals surface area contributed by atoms with Gasteiger partial charge in [0, 0.05) is 7.11 Å². The van der Waals surface area contributed by atoms with Crippen molar-refractivity contribution in [2.75, 3.05) is 7.11 Å². The molecule has 1 aliphatic heterocycles. The molecular weight excluding hydrogens is 199 g/mol. The number of benzene rings is 2. The van der Waals surface area contributed by atoms with Gasteiger partial charge in [-0.1, -0.05) is 29.8 Å². The summed E-state index contributed by atoms with van der Waals surface area (Å²) < 4.78 is 10.8. The first kappa shape index (κ1) is 9.88. The predicted octanol–water partition coefficient (Wildman–Crippen LogP) is 2.02. The summed E-state index contributed by atoms with van der Waals surface area (Å²) in [6.07, 6.45) is 0. The monoisotopic (exact) mass is 212 g/mol. The van der Waals surface area contributed by atoms with E-state index in [-0.39, 0.29) is 7.12 Å². The number of aryl methyl sites for hydroxylation is 1. The minimum atomic E-state index is -0.195. The lowest BCUT2D eigenvalue weighted by atomic mass is 9.78. The zero-order valence-electron chi connectivity index (χ0n) is 9.49. The van der Waals surface area contributed by atoms with Crippen LogP contribution in [0.1, 0.15) is 11.1 Å². The number of fused-ring (bicyclic) bond motifs is 2. The molecule has 0 aliphatic carbocycles. The van der Waals surface area contributed by atoms with Crippen LogP contribution in [0.25, 0.3) is 10.8 Å². The highest BCUT2D eigenvalue weighted by molar-refractivity contribution is 6.63. The fraction of sp³-hybridized carbons (Fsp3) is 0.231. The van der Waals surface area contributed by atoms with E-state index < -0.39 is 0 Å². The highest BCUT2D eigenvalue weighted by Crippen LogP contribution is 2.20. The summed E-state index contributed by atoms with van der Waals surface area (Å²) >= 11 is 0. The maximum Gasteiger partial charge on any atom is 0.494 e. The largest absolute Gasteiger partial charge is 0.494 e. The Balaban J connectivity index is 2.23. The zero-order valence-corrected chi connectivity index (χ0v) is 9.49. The number of hydrogen-bond donors (Lipinski definition) is 0. The van der Waals surface area contributed by atoms with Crippen LogP contribution in [0.2, 0.25) is 0 Å². The average Bonchev–Trinajstić information content (AvgIpc) is 2.68. The molecule has 1 aliphatic rings. The lowest BCUT2D eigenvalue weighted by molar-refractivity contribution is 0.246. The lowest BCUT2D eigenvalue weighted by Crippen LogP contribution is -2.30. The summed E-state index contributed by atoms with van der Waals surface area (Å²) in [6.45, 7) is 2.76. The van der Waals surface area contributed by atoms with Gasteiger partial charge in [0.2, 0.25) is 0 Å². The van der Waals surface area contributed by atoms with Crippen LogP contribution in [0.5, 0.6) is 0 Å². The Hall–Kier alpha value is -1.32. The lowest BCUT2D eigenvalue weighted by Gasteiger charge is -2.05. The maximum absolute atomic E-state index is 5.55. The molecule has 0 radical (unpaired) electrons. The zero-order chi connectivity index (χ0) is 11.1. The van der Waals surface area contributed by atoms with E-state index in [0.29, 0.717) is 6.61 Å². The van der Waals surface area contributed by atoms with Crippen molar-refractivity contribution in [1.29, 1.82) is 0 Å². The molecule has 0 atom stereocenters. The molecule has 80 valence electrons. The van der Waals surface area contributed by atoms with Crippen molar-refractivity contribution in [3.8, 4) is 0 Å². The van der Waals surface area contributed by atoms with Gasteiger partial charge in [-0.05, 0) is 34.8 Å². The summed E-state index contributed by atoms with van der Waals surface area (Å²) in [5, 5.41) is 2.52. The third kappa shape index (κ3) is 1.44. The number of hydrogen-bond acceptors (Lipinski definition) is 2. The van der Waals surface area contributed by atoms with Crippen molar-refractivity contribution in [2.24, 2.45) is 0 Å². The van der Waals surface area contributed by atoms with Crippen LogP contribution >= 0.6 is 0 Å². The first-order chi connectivity index (χ1) is 7.78. The number of rotatable bonds is 1. The van der Waals surface area contributed by atoms with Gasteiger partial charge in [-0.25, -0.2) is 0 Å². The van der Waals surface area contributed by atoms with Crippen LogP contribution in [0, 0.1) is 6.92 Å². The van der Waals surface area contributed by atoms with Gasteiger partial charge in [0.25, 0.3) is 0 Å². The topological polar surface area (TPSA) is 18.5 Å². The predicted molar refractivity (Wildman–Crippen MR) is 65.9 cm³/mol. The molecule has 0 fully saturated rings. The molecule has 0 aromatic heterocycles. The molecule has 0 saturated heterocycles. The van der Waals surface area contributed by atoms with E-state index in [1.165, 1.54) is 27.4 Å². The second kappa shape index (κ2) is 3.61. The van der Waals surface area contributed by atoms with Crippen LogP contribution in [0.15, 0.2) is 30.3 Å². The van der Waals surface area contributed by atoms with E-state index in [1.54, 1.807) is 7.11 Å². The van der Waals surface area contributed by atoms with Gasteiger partial charge in [0.05, 0.1) is 6.61 Å². The Morgan fingerprint density at radius 1 is 1.19 bits per heavy atom. The molecule has 3 rings (SSSR count). The second-order valence-corrected chi connectivity index (χ2v) is 4.28. The summed E-state index contributed by atoms with van der Waals surface area (Å²) in [4.78, 5) is 0. The molecular formula is C13H13BO2. The first-order valence-corrected chi connectivity index (χ1v) is 5.45. The molecule has 2 nitrogen and oxygen atoms in total. The van der Waals surface area contributed by atoms with Gasteiger partial charge in [0.1, 0.15) is 0 Å². The fourth-order valence-electron chi connectivity index (χ4n) is 2.28. The first-order valence-electron chi connectivity index (χ1n) is 5.45. The van der Waals surface area contributed by atoms with Crippen molar-refractivity contribution in [1.82, 2.24) is 0 Å². The van der Waals surface area contributed by atoms with Gasteiger partial charge in [0.15, 0.2) is 0 Å². The molecule has 3 heteroatoms. The van der Waals surface area contributed by atoms with Crippen LogP contribution in [0.4, 0.5) is 0 Å². The molecule has 0 amide bonds. The molecule has 0 spiro atoms. The highest BCUT2D eigenvalue weighted by Gasteiger charge is 2.29. The molecule has 1 heterocycles. The Morgan fingerprint density at radius 2 is 2.06 bits per heavy atom. The van der Waals surface area contributed by atoms with E-state index >= 15 is 0 Å². The van der Waals surface area contributed by atoms with Crippen molar-refractivity contribution in [3.05, 3.63) is 41.5 Å². The minimum absolute atomic E-state index is 0.195. The summed E-state index contributed by atoms with van der Waals surface area (Å²) in [5.41, 5.74) is 3.68. The normalized spacial score (nSPS) is 14.5. The van der Waals surface area contributed by atoms with Gasteiger partial charge in [-0.15, -0.1) is 0 Å². The average molecular weight is 212 g/mol. The Labute approximate surface area is 95.3 Å². The van der Waals surface area contributed by atoms with E-state index in [9.17, 15) is 0 Å². The SMILES string of the molecule is COB1OCc2cc3ccc(C)cc3cc21. The van der Waals surface area contributed by atoms with Crippen molar-refractivity contribution < 1.29 is 9.31 Å². The quantitative estimate of drug-likeness (QED) is 0.673. The molecule has 2 aromatic rings. The Morgan fingerprint density at radius 3 is 2.88 bits per heavy atom. The second-order valence-electron chi connectivity index (χ2n) is 4.28. The van der Waals surface area contributed by atoms with E-state index in [4.69, 9.17) is 9.31 Å². The van der Waals surface area contributed by atoms with Gasteiger partial charge < -0.3 is 9.31 Å². The van der Waals surface area contributed by atoms with E-state index in [0.717, 1.165) is 0 Å². The molecule has 0 saturated carbocycles. The van der Waals surface area contributed by atoms with Crippen LogP contribution in [-0.2, 0) is 15.9 Å². The standard InChI is InChI=1S/C13H13BO2/c1-9-3-4-10-6-12-8-16-14(15-2)13(12)7-11(10)5-9/h3-7H,8H2,1-2H3. The van der Waals surface area contributed by atoms with Crippen LogP contribution < -0.4 is 5.46 Å². The Kier molecular flexibility index (Phi) is 2.23. The van der Waals surface area contributed by atoms with Gasteiger partial charge >= 0.3 is 7.12 Å². The maximum atomic E-state index is 5.55. The fourth-order valence-corrected chi connectivity index (χ4v) is 2.28. The van der Waals surface area contributed by atoms with Crippen LogP contribution in [0.3, 0.4) is 0 Å². The molecule has 0 bridgehead atoms. The third-order valence-corrected chi connectivity index (χ3v) is 3.11. The minimum Gasteiger partial charge on any atom is -0.410 e. The van der Waals surface area contributed by atoms with Gasteiger partial charge in [-0.3, -0.25) is 0 Å². The summed E-state index contributed by atoms with van der Waals surface area (Å²) in [5.74, 6) is 0. The summed E-state index contributed by atoms with van der Waals surface area (Å²) in [6, 6.07) is 10.9. The highest BCUT2D eigenvalue weighted by atomic mass is 16.6. The van der Waals surface area contributed by atoms with Gasteiger partial charge in [-0.2, -0.15) is 0 Å². The molecule has 16 heavy (non-hydrogen) atoms. The van der Waals surface area contributed by atoms with Crippen molar-refractivity contribution in [2.45, 2.75) is 13.5 Å². The van der Waals surface area contributed by atoms with Crippen molar-refractivity contribution in [3.63, 3.8) is 0 Å². The van der Waals surface area contributed by atoms with E-state index in [2.05, 4.69) is 37.3 Å².